The van der Waals surface area contributed by atoms with E-state index in [0.29, 0.717) is 84.6 Å². The standard InChI is InChI=1S/C57H73N3O5/c1-32-23-39-18-19-45-40-24-34-29-59(31-40)41(25-33-9-3-2-4-10-33)28-46(61)52-55-21-20-42-49(51(39)60(45)30-34)43(32)26-38-17-16-37(35-11-5-6-12-35)27-47(56(55,50(38)42)54(63)64-52)57(55)44-15-7-13-36(14-8-22-58)48(44)53(62)65-57/h7,13,15,26,32-35,37,40-41,43,45,47,49,61H,2-6,8-12,14,16-25,27-31,58H2,1H3/b52-46+/t32-,34-,37+,40+,41-,43+,45-,47+,49-,55-,56-,57-/m1/s1. The third-order valence-electron chi connectivity index (χ3n) is 21.7. The molecular weight excluding hydrogens is 807 g/mol. The van der Waals surface area contributed by atoms with Gasteiger partial charge in [0.25, 0.3) is 0 Å². The number of carbonyl (C=O) groups is 2. The van der Waals surface area contributed by atoms with Crippen molar-refractivity contribution >= 4 is 11.9 Å². The van der Waals surface area contributed by atoms with Crippen LogP contribution >= 0.6 is 0 Å². The van der Waals surface area contributed by atoms with Crippen LogP contribution in [0, 0.1) is 64.1 Å². The molecule has 9 heterocycles. The second-order valence-electron chi connectivity index (χ2n) is 24.4. The molecule has 8 nitrogen and oxygen atoms in total. The summed E-state index contributed by atoms with van der Waals surface area (Å²) in [6.07, 6.45) is 26.6. The van der Waals surface area contributed by atoms with Gasteiger partial charge in [0.2, 0.25) is 0 Å². The van der Waals surface area contributed by atoms with Crippen LogP contribution in [0.3, 0.4) is 0 Å². The molecule has 12 bridgehead atoms. The smallest absolute Gasteiger partial charge is 0.339 e. The first-order chi connectivity index (χ1) is 31.8. The minimum absolute atomic E-state index is 0.167. The van der Waals surface area contributed by atoms with Gasteiger partial charge in [-0.05, 0) is 142 Å². The van der Waals surface area contributed by atoms with E-state index in [9.17, 15) is 5.11 Å². The van der Waals surface area contributed by atoms with E-state index in [-0.39, 0.29) is 35.6 Å². The van der Waals surface area contributed by atoms with Crippen molar-refractivity contribution in [1.29, 1.82) is 0 Å². The van der Waals surface area contributed by atoms with Gasteiger partial charge in [0.15, 0.2) is 11.4 Å². The molecule has 16 aliphatic rings. The molecule has 346 valence electrons. The number of aliphatic hydroxyl groups excluding tert-OH is 1. The van der Waals surface area contributed by atoms with E-state index in [2.05, 4.69) is 41.0 Å². The summed E-state index contributed by atoms with van der Waals surface area (Å²) in [4.78, 5) is 37.1. The van der Waals surface area contributed by atoms with E-state index >= 15 is 9.59 Å². The Morgan fingerprint density at radius 2 is 1.74 bits per heavy atom. The third-order valence-corrected chi connectivity index (χ3v) is 21.7. The van der Waals surface area contributed by atoms with Crippen molar-refractivity contribution in [2.75, 3.05) is 26.2 Å². The molecule has 9 aliphatic heterocycles. The fourth-order valence-electron chi connectivity index (χ4n) is 19.5. The fraction of sp³-hybridized carbons (Fsp3) is 0.719. The normalized spacial score (nSPS) is 44.8. The molecule has 65 heavy (non-hydrogen) atoms. The van der Waals surface area contributed by atoms with Gasteiger partial charge in [-0.2, -0.15) is 0 Å². The minimum Gasteiger partial charge on any atom is -0.509 e. The zero-order valence-corrected chi connectivity index (χ0v) is 39.1. The van der Waals surface area contributed by atoms with Gasteiger partial charge in [-0.3, -0.25) is 9.69 Å². The third kappa shape index (κ3) is 5.18. The average molecular weight is 880 g/mol. The van der Waals surface area contributed by atoms with Crippen LogP contribution in [0.4, 0.5) is 0 Å². The van der Waals surface area contributed by atoms with Gasteiger partial charge >= 0.3 is 11.9 Å². The highest BCUT2D eigenvalue weighted by Gasteiger charge is 2.94. The lowest BCUT2D eigenvalue weighted by molar-refractivity contribution is -0.280. The van der Waals surface area contributed by atoms with Crippen molar-refractivity contribution in [3.8, 4) is 0 Å². The molecule has 8 heteroatoms. The molecule has 0 radical (unpaired) electrons. The zero-order valence-electron chi connectivity index (χ0n) is 39.1. The molecule has 7 fully saturated rings. The molecule has 0 amide bonds. The lowest BCUT2D eigenvalue weighted by atomic mass is 9.27. The molecule has 3 N–H and O–H groups in total. The van der Waals surface area contributed by atoms with Crippen molar-refractivity contribution in [3.05, 3.63) is 80.5 Å². The maximum absolute atomic E-state index is 16.3. The Balaban J connectivity index is 1.05. The predicted molar refractivity (Wildman–Crippen MR) is 249 cm³/mol. The zero-order chi connectivity index (χ0) is 43.6. The highest BCUT2D eigenvalue weighted by Crippen LogP contribution is 2.88. The Labute approximate surface area is 386 Å². The van der Waals surface area contributed by atoms with Gasteiger partial charge in [-0.25, -0.2) is 4.79 Å². The van der Waals surface area contributed by atoms with Crippen molar-refractivity contribution in [1.82, 2.24) is 9.80 Å². The van der Waals surface area contributed by atoms with E-state index in [4.69, 9.17) is 15.2 Å². The molecule has 13 atom stereocenters. The first kappa shape index (κ1) is 40.7. The Morgan fingerprint density at radius 1 is 0.892 bits per heavy atom. The van der Waals surface area contributed by atoms with Crippen molar-refractivity contribution in [3.63, 3.8) is 0 Å². The van der Waals surface area contributed by atoms with E-state index < -0.39 is 16.4 Å². The summed E-state index contributed by atoms with van der Waals surface area (Å²) in [7, 11) is 0. The number of esters is 2. The SMILES string of the molecule is C[C@@H]1CC2=C3[C@@H]4C5=C6C(=C[C@H]41)CC[C@H](C1CCCC1)C[C@H]1[C@]64C(=O)O/C(=C(/O)C[C@@H](CC6CCCCC6)N6C[C@H]7C[C@@H](C6)[C@@H](CC2)N3C7)[C@@]4(CC5)[C@]12OC(=O)c1c(CCCN)cccc12. The molecule has 1 unspecified atom stereocenters. The summed E-state index contributed by atoms with van der Waals surface area (Å²) in [6, 6.07) is 7.13. The molecule has 17 rings (SSSR count). The summed E-state index contributed by atoms with van der Waals surface area (Å²) in [5, 5.41) is 13.4. The highest BCUT2D eigenvalue weighted by atomic mass is 16.6. The van der Waals surface area contributed by atoms with Gasteiger partial charge in [-0.1, -0.05) is 100 Å². The first-order valence-corrected chi connectivity index (χ1v) is 27.1. The molecule has 3 spiro atoms. The number of benzene rings is 1. The number of piperidine rings is 2. The molecule has 4 saturated carbocycles. The number of aryl methyl sites for hydroxylation is 1. The largest absolute Gasteiger partial charge is 0.509 e. The Kier molecular flexibility index (Phi) is 9.12. The number of ether oxygens (including phenoxy) is 2. The number of hydrogen-bond donors (Lipinski definition) is 2. The fourth-order valence-corrected chi connectivity index (χ4v) is 19.5. The van der Waals surface area contributed by atoms with E-state index in [1.807, 2.05) is 0 Å². The number of nitrogens with two attached hydrogens (primary N) is 1. The van der Waals surface area contributed by atoms with Gasteiger partial charge < -0.3 is 25.2 Å². The average Bonchev–Trinajstić information content (AvgIpc) is 4.02. The molecular formula is C57H73N3O5. The number of rotatable bonds is 6. The van der Waals surface area contributed by atoms with E-state index in [1.165, 1.54) is 100 Å². The van der Waals surface area contributed by atoms with Crippen molar-refractivity contribution in [2.45, 2.75) is 166 Å². The van der Waals surface area contributed by atoms with Gasteiger partial charge in [0.1, 0.15) is 11.2 Å². The second-order valence-corrected chi connectivity index (χ2v) is 24.4. The lowest BCUT2D eigenvalue weighted by Gasteiger charge is -2.72. The Morgan fingerprint density at radius 3 is 2.58 bits per heavy atom. The van der Waals surface area contributed by atoms with Crippen LogP contribution in [0.5, 0.6) is 0 Å². The first-order valence-electron chi connectivity index (χ1n) is 27.1. The van der Waals surface area contributed by atoms with Crippen LogP contribution in [-0.4, -0.2) is 65.1 Å². The number of allylic oxidation sites excluding steroid dienone is 4. The summed E-state index contributed by atoms with van der Waals surface area (Å²) in [5.41, 5.74) is 13.1. The van der Waals surface area contributed by atoms with Crippen LogP contribution in [0.25, 0.3) is 0 Å². The molecule has 1 aromatic rings. The number of aliphatic hydroxyl groups is 1. The minimum atomic E-state index is -1.11. The summed E-state index contributed by atoms with van der Waals surface area (Å²) < 4.78 is 14.4. The number of nitrogens with zero attached hydrogens (tertiary/aromatic N) is 2. The lowest BCUT2D eigenvalue weighted by Crippen LogP contribution is -2.77. The van der Waals surface area contributed by atoms with E-state index in [0.717, 1.165) is 69.3 Å². The van der Waals surface area contributed by atoms with Gasteiger partial charge in [0.05, 0.1) is 11.0 Å². The number of hydrogen-bond acceptors (Lipinski definition) is 8. The number of fused-ring (bicyclic) bond motifs is 3. The van der Waals surface area contributed by atoms with E-state index in [1.54, 1.807) is 11.3 Å². The van der Waals surface area contributed by atoms with Crippen LogP contribution in [0.15, 0.2) is 63.8 Å². The van der Waals surface area contributed by atoms with Crippen LogP contribution in [-0.2, 0) is 26.3 Å². The second kappa shape index (κ2) is 14.6. The van der Waals surface area contributed by atoms with Gasteiger partial charge in [-0.15, -0.1) is 0 Å². The topological polar surface area (TPSA) is 105 Å². The highest BCUT2D eigenvalue weighted by molar-refractivity contribution is 6.01. The van der Waals surface area contributed by atoms with Crippen LogP contribution < -0.4 is 5.73 Å². The molecule has 3 saturated heterocycles. The summed E-state index contributed by atoms with van der Waals surface area (Å²) in [6.45, 7) is 6.38. The number of carbonyl (C=O) groups excluding carboxylic acids is 2. The monoisotopic (exact) mass is 880 g/mol. The molecule has 1 aromatic carbocycles. The Hall–Kier alpha value is -3.36. The molecule has 7 aliphatic carbocycles. The maximum Gasteiger partial charge on any atom is 0.339 e. The Bertz CT molecular complexity index is 2370. The quantitative estimate of drug-likeness (QED) is 0.272. The molecule has 0 aromatic heterocycles. The van der Waals surface area contributed by atoms with Crippen LogP contribution in [0.2, 0.25) is 0 Å². The van der Waals surface area contributed by atoms with Crippen molar-refractivity contribution in [2.24, 2.45) is 69.8 Å². The van der Waals surface area contributed by atoms with Crippen LogP contribution in [0.1, 0.15) is 163 Å². The summed E-state index contributed by atoms with van der Waals surface area (Å²) >= 11 is 0. The maximum atomic E-state index is 16.3. The predicted octanol–water partition coefficient (Wildman–Crippen LogP) is 10.6. The van der Waals surface area contributed by atoms with Gasteiger partial charge in [0, 0.05) is 61.2 Å². The summed E-state index contributed by atoms with van der Waals surface area (Å²) in [5.74, 6) is 4.14. The van der Waals surface area contributed by atoms with Crippen molar-refractivity contribution < 1.29 is 24.2 Å².